The van der Waals surface area contributed by atoms with Crippen LogP contribution in [-0.4, -0.2) is 11.7 Å². The van der Waals surface area contributed by atoms with Crippen molar-refractivity contribution in [3.63, 3.8) is 0 Å². The molecule has 0 aromatic heterocycles. The van der Waals surface area contributed by atoms with Gasteiger partial charge in [0.25, 0.3) is 0 Å². The maximum atomic E-state index is 2.37. The Morgan fingerprint density at radius 1 is 0.773 bits per heavy atom. The van der Waals surface area contributed by atoms with E-state index in [1.807, 2.05) is 0 Å². The quantitative estimate of drug-likeness (QED) is 0.451. The second kappa shape index (κ2) is 4.38. The standard InChI is InChI=1S/C20H14BN/c1-2-6-17-15(5-1)7-9-19-18(17)10-8-16-14-22-12-4-3-11-21(22)13-20(16)19/h1-14H. The van der Waals surface area contributed by atoms with E-state index in [2.05, 4.69) is 89.8 Å². The second-order valence-electron chi connectivity index (χ2n) is 5.91. The van der Waals surface area contributed by atoms with Gasteiger partial charge in [0.1, 0.15) is 0 Å². The molecule has 0 bridgehead atoms. The number of rotatable bonds is 0. The molecule has 0 radical (unpaired) electrons. The van der Waals surface area contributed by atoms with Gasteiger partial charge in [-0.1, -0.05) is 66.6 Å². The minimum atomic E-state index is 0.328. The van der Waals surface area contributed by atoms with E-state index in [4.69, 9.17) is 0 Å². The molecular weight excluding hydrogens is 265 g/mol. The lowest BCUT2D eigenvalue weighted by Crippen LogP contribution is -2.42. The maximum absolute atomic E-state index is 2.37. The zero-order valence-corrected chi connectivity index (χ0v) is 12.1. The van der Waals surface area contributed by atoms with Crippen LogP contribution in [0, 0.1) is 0 Å². The molecule has 1 nitrogen and oxygen atoms in total. The summed E-state index contributed by atoms with van der Waals surface area (Å²) in [6.45, 7) is 0.328. The largest absolute Gasteiger partial charge is 0.389 e. The molecule has 22 heavy (non-hydrogen) atoms. The number of hydrogen-bond donors (Lipinski definition) is 0. The van der Waals surface area contributed by atoms with Crippen LogP contribution in [0.15, 0.2) is 72.9 Å². The summed E-state index contributed by atoms with van der Waals surface area (Å²) in [4.78, 5) is 2.26. The molecule has 0 aliphatic carbocycles. The normalized spacial score (nSPS) is 15.5. The van der Waals surface area contributed by atoms with Gasteiger partial charge in [-0.05, 0) is 50.5 Å². The Labute approximate surface area is 129 Å². The summed E-state index contributed by atoms with van der Waals surface area (Å²) in [6, 6.07) is 17.6. The van der Waals surface area contributed by atoms with Crippen molar-refractivity contribution < 1.29 is 0 Å². The average molecular weight is 279 g/mol. The van der Waals surface area contributed by atoms with Gasteiger partial charge in [0.2, 0.25) is 0 Å². The van der Waals surface area contributed by atoms with Crippen LogP contribution < -0.4 is 10.4 Å². The van der Waals surface area contributed by atoms with Crippen LogP contribution in [0.25, 0.3) is 33.7 Å². The lowest BCUT2D eigenvalue weighted by atomic mass is 9.58. The third-order valence-corrected chi connectivity index (χ3v) is 4.65. The predicted octanol–water partition coefficient (Wildman–Crippen LogP) is 2.98. The Balaban J connectivity index is 1.93. The van der Waals surface area contributed by atoms with Crippen LogP contribution >= 0.6 is 0 Å². The first-order valence-electron chi connectivity index (χ1n) is 7.67. The van der Waals surface area contributed by atoms with E-state index < -0.39 is 0 Å². The molecule has 2 aliphatic rings. The molecule has 5 rings (SSSR count). The van der Waals surface area contributed by atoms with Gasteiger partial charge in [0.05, 0.1) is 0 Å². The Morgan fingerprint density at radius 3 is 2.68 bits per heavy atom. The molecule has 0 spiro atoms. The highest BCUT2D eigenvalue weighted by Gasteiger charge is 2.18. The topological polar surface area (TPSA) is 3.24 Å². The summed E-state index contributed by atoms with van der Waals surface area (Å²) in [7, 11) is 0. The van der Waals surface area contributed by atoms with E-state index in [0.29, 0.717) is 6.85 Å². The van der Waals surface area contributed by atoms with Gasteiger partial charge in [0.15, 0.2) is 0 Å². The summed E-state index contributed by atoms with van der Waals surface area (Å²) in [5.74, 6) is 4.60. The van der Waals surface area contributed by atoms with Crippen molar-refractivity contribution in [3.05, 3.63) is 83.3 Å². The molecule has 0 N–H and O–H groups in total. The fourth-order valence-electron chi connectivity index (χ4n) is 3.55. The van der Waals surface area contributed by atoms with Crippen LogP contribution in [0.2, 0.25) is 0 Å². The van der Waals surface area contributed by atoms with Crippen molar-refractivity contribution in [1.29, 1.82) is 0 Å². The first-order chi connectivity index (χ1) is 10.9. The highest BCUT2D eigenvalue weighted by Crippen LogP contribution is 2.23. The zero-order chi connectivity index (χ0) is 14.5. The minimum absolute atomic E-state index is 0.328. The number of nitrogens with zero attached hydrogens (tertiary/aromatic N) is 1. The molecule has 0 fully saturated rings. The third-order valence-electron chi connectivity index (χ3n) is 4.65. The van der Waals surface area contributed by atoms with E-state index in [9.17, 15) is 0 Å². The molecule has 3 aromatic rings. The summed E-state index contributed by atoms with van der Waals surface area (Å²) in [6.07, 6.45) is 8.58. The highest BCUT2D eigenvalue weighted by molar-refractivity contribution is 6.76. The fraction of sp³-hybridized carbons (Fsp3) is 0. The summed E-state index contributed by atoms with van der Waals surface area (Å²) in [5, 5.41) is 7.96. The fourth-order valence-corrected chi connectivity index (χ4v) is 3.55. The molecule has 102 valence electrons. The maximum Gasteiger partial charge on any atom is 0.312 e. The van der Waals surface area contributed by atoms with Crippen LogP contribution in [0.4, 0.5) is 0 Å². The van der Waals surface area contributed by atoms with E-state index in [0.717, 1.165) is 0 Å². The first-order valence-corrected chi connectivity index (χ1v) is 7.67. The van der Waals surface area contributed by atoms with Crippen molar-refractivity contribution in [2.75, 3.05) is 0 Å². The number of benzene rings is 3. The van der Waals surface area contributed by atoms with Crippen molar-refractivity contribution in [2.45, 2.75) is 0 Å². The first kappa shape index (κ1) is 11.9. The molecule has 0 amide bonds. The van der Waals surface area contributed by atoms with Gasteiger partial charge < -0.3 is 4.81 Å². The molecule has 0 unspecified atom stereocenters. The molecule has 0 atom stereocenters. The lowest BCUT2D eigenvalue weighted by molar-refractivity contribution is 0.858. The minimum Gasteiger partial charge on any atom is -0.389 e. The Kier molecular flexibility index (Phi) is 2.36. The smallest absolute Gasteiger partial charge is 0.312 e. The van der Waals surface area contributed by atoms with Gasteiger partial charge in [-0.3, -0.25) is 0 Å². The predicted molar refractivity (Wildman–Crippen MR) is 95.5 cm³/mol. The van der Waals surface area contributed by atoms with Gasteiger partial charge in [-0.25, -0.2) is 0 Å². The number of allylic oxidation sites excluding steroid dienone is 2. The summed E-state index contributed by atoms with van der Waals surface area (Å²) in [5.41, 5.74) is 0. The second-order valence-corrected chi connectivity index (χ2v) is 5.91. The Bertz CT molecular complexity index is 1090. The molecular formula is C20H14BN. The van der Waals surface area contributed by atoms with E-state index >= 15 is 0 Å². The Hall–Kier alpha value is -2.74. The molecule has 0 saturated carbocycles. The zero-order valence-electron chi connectivity index (χ0n) is 12.1. The monoisotopic (exact) mass is 279 g/mol. The average Bonchev–Trinajstić information content (AvgIpc) is 2.59. The number of hydrogen-bond acceptors (Lipinski definition) is 1. The van der Waals surface area contributed by atoms with Gasteiger partial charge >= 0.3 is 6.85 Å². The molecule has 3 aromatic carbocycles. The van der Waals surface area contributed by atoms with Crippen LogP contribution in [-0.2, 0) is 0 Å². The van der Waals surface area contributed by atoms with Crippen molar-refractivity contribution in [3.8, 4) is 0 Å². The summed E-state index contributed by atoms with van der Waals surface area (Å²) < 4.78 is 0. The highest BCUT2D eigenvalue weighted by atomic mass is 15.0. The summed E-state index contributed by atoms with van der Waals surface area (Å²) >= 11 is 0. The third kappa shape index (κ3) is 1.61. The van der Waals surface area contributed by atoms with E-state index in [-0.39, 0.29) is 0 Å². The molecule has 2 heteroatoms. The van der Waals surface area contributed by atoms with Crippen LogP contribution in [0.5, 0.6) is 0 Å². The van der Waals surface area contributed by atoms with Crippen LogP contribution in [0.3, 0.4) is 0 Å². The van der Waals surface area contributed by atoms with Crippen molar-refractivity contribution >= 4 is 40.6 Å². The lowest BCUT2D eigenvalue weighted by Gasteiger charge is -2.25. The molecule has 2 heterocycles. The van der Waals surface area contributed by atoms with Gasteiger partial charge in [0, 0.05) is 0 Å². The van der Waals surface area contributed by atoms with Crippen molar-refractivity contribution in [1.82, 2.24) is 4.81 Å². The van der Waals surface area contributed by atoms with Crippen molar-refractivity contribution in [2.24, 2.45) is 0 Å². The van der Waals surface area contributed by atoms with E-state index in [1.54, 1.807) is 0 Å². The Morgan fingerprint density at radius 2 is 1.68 bits per heavy atom. The van der Waals surface area contributed by atoms with Crippen LogP contribution in [0.1, 0.15) is 0 Å². The number of fused-ring (bicyclic) bond motifs is 6. The van der Waals surface area contributed by atoms with Gasteiger partial charge in [-0.15, -0.1) is 0 Å². The molecule has 0 saturated heterocycles. The molecule has 2 aliphatic heterocycles. The van der Waals surface area contributed by atoms with Gasteiger partial charge in [-0.2, -0.15) is 0 Å². The van der Waals surface area contributed by atoms with E-state index in [1.165, 1.54) is 32.0 Å². The SMILES string of the molecule is C1=CB2C=c3c(ccc4c3ccc3ccccc34)=CN2C=C1.